The largest absolute Gasteiger partial charge is 0.497 e. The van der Waals surface area contributed by atoms with Gasteiger partial charge in [0.1, 0.15) is 5.75 Å². The highest BCUT2D eigenvalue weighted by Crippen LogP contribution is 2.32. The van der Waals surface area contributed by atoms with Crippen LogP contribution in [0.15, 0.2) is 29.6 Å². The third-order valence-corrected chi connectivity index (χ3v) is 5.56. The van der Waals surface area contributed by atoms with Gasteiger partial charge in [0.15, 0.2) is 0 Å². The van der Waals surface area contributed by atoms with E-state index in [1.165, 1.54) is 4.88 Å². The Balaban J connectivity index is 1.47. The third kappa shape index (κ3) is 4.35. The van der Waals surface area contributed by atoms with Gasteiger partial charge in [-0.15, -0.1) is 11.3 Å². The number of fused-ring (bicyclic) bond motifs is 1. The number of ether oxygens (including phenoxy) is 1. The molecule has 7 heteroatoms. The van der Waals surface area contributed by atoms with Crippen LogP contribution in [0.1, 0.15) is 34.1 Å². The number of hydrogen-bond donors (Lipinski definition) is 3. The molecule has 1 aliphatic rings. The lowest BCUT2D eigenvalue weighted by Crippen LogP contribution is -2.44. The summed E-state index contributed by atoms with van der Waals surface area (Å²) in [6.45, 7) is 2.30. The number of rotatable bonds is 5. The van der Waals surface area contributed by atoms with Gasteiger partial charge in [0.2, 0.25) is 0 Å². The second-order valence-electron chi connectivity index (χ2n) is 6.48. The summed E-state index contributed by atoms with van der Waals surface area (Å²) in [5.41, 5.74) is 7.58. The van der Waals surface area contributed by atoms with Gasteiger partial charge in [0.25, 0.3) is 11.8 Å². The van der Waals surface area contributed by atoms with Crippen molar-refractivity contribution in [2.75, 3.05) is 19.0 Å². The van der Waals surface area contributed by atoms with Crippen LogP contribution >= 0.6 is 11.3 Å². The topological polar surface area (TPSA) is 79.5 Å². The summed E-state index contributed by atoms with van der Waals surface area (Å²) in [7, 11) is 1.60. The number of nitrogens with one attached hydrogen (secondary N) is 3. The number of thiophene rings is 1. The number of benzene rings is 1. The lowest BCUT2D eigenvalue weighted by Gasteiger charge is -2.18. The first-order chi connectivity index (χ1) is 12.6. The fourth-order valence-electron chi connectivity index (χ4n) is 3.00. The van der Waals surface area contributed by atoms with Crippen molar-refractivity contribution in [2.24, 2.45) is 5.92 Å². The number of hydrogen-bond acceptors (Lipinski definition) is 5. The van der Waals surface area contributed by atoms with Gasteiger partial charge in [-0.05, 0) is 55.0 Å². The smallest absolute Gasteiger partial charge is 0.270 e. The highest BCUT2D eigenvalue weighted by atomic mass is 32.1. The molecule has 6 nitrogen and oxygen atoms in total. The Kier molecular flexibility index (Phi) is 5.78. The first-order valence-electron chi connectivity index (χ1n) is 8.63. The van der Waals surface area contributed by atoms with Crippen molar-refractivity contribution in [1.82, 2.24) is 10.9 Å². The van der Waals surface area contributed by atoms with E-state index >= 15 is 0 Å². The van der Waals surface area contributed by atoms with E-state index in [0.717, 1.165) is 36.3 Å². The van der Waals surface area contributed by atoms with Crippen LogP contribution in [0, 0.1) is 5.92 Å². The predicted molar refractivity (Wildman–Crippen MR) is 103 cm³/mol. The van der Waals surface area contributed by atoms with Gasteiger partial charge in [-0.3, -0.25) is 20.4 Å². The van der Waals surface area contributed by atoms with E-state index in [-0.39, 0.29) is 18.4 Å². The molecule has 0 unspecified atom stereocenters. The number of hydrazine groups is 1. The first kappa shape index (κ1) is 18.3. The Morgan fingerprint density at radius 1 is 1.23 bits per heavy atom. The van der Waals surface area contributed by atoms with Crippen molar-refractivity contribution in [3.05, 3.63) is 45.6 Å². The molecular formula is C19H23N3O3S. The maximum absolute atomic E-state index is 12.4. The van der Waals surface area contributed by atoms with Gasteiger partial charge in [0, 0.05) is 15.9 Å². The molecule has 0 aliphatic heterocycles. The highest BCUT2D eigenvalue weighted by molar-refractivity contribution is 7.10. The monoisotopic (exact) mass is 373 g/mol. The summed E-state index contributed by atoms with van der Waals surface area (Å²) in [4.78, 5) is 25.6. The second kappa shape index (κ2) is 8.23. The fraction of sp³-hybridized carbons (Fsp3) is 0.368. The average Bonchev–Trinajstić information content (AvgIpc) is 3.07. The van der Waals surface area contributed by atoms with Crippen LogP contribution in [0.25, 0.3) is 0 Å². The summed E-state index contributed by atoms with van der Waals surface area (Å²) in [6.07, 6.45) is 3.06. The second-order valence-corrected chi connectivity index (χ2v) is 7.45. The van der Waals surface area contributed by atoms with E-state index in [4.69, 9.17) is 4.74 Å². The molecule has 0 saturated heterocycles. The minimum Gasteiger partial charge on any atom is -0.497 e. The van der Waals surface area contributed by atoms with Crippen LogP contribution in [0.4, 0.5) is 5.69 Å². The Bertz CT molecular complexity index is 786. The zero-order valence-electron chi connectivity index (χ0n) is 14.9. The molecule has 3 N–H and O–H groups in total. The first-order valence-corrected chi connectivity index (χ1v) is 9.51. The standard InChI is InChI=1S/C19H23N3O3S/c1-12-3-8-15-16(11-26-17(15)9-12)19(24)22-21-18(23)10-20-13-4-6-14(25-2)7-5-13/h4-7,11-12,20H,3,8-10H2,1-2H3,(H,21,23)(H,22,24)/t12-/m0/s1. The van der Waals surface area contributed by atoms with Crippen molar-refractivity contribution < 1.29 is 14.3 Å². The lowest BCUT2D eigenvalue weighted by atomic mass is 9.88. The van der Waals surface area contributed by atoms with Crippen molar-refractivity contribution in [2.45, 2.75) is 26.2 Å². The molecule has 0 bridgehead atoms. The molecule has 2 aromatic rings. The minimum atomic E-state index is -0.313. The summed E-state index contributed by atoms with van der Waals surface area (Å²) in [6, 6.07) is 7.26. The average molecular weight is 373 g/mol. The van der Waals surface area contributed by atoms with Crippen molar-refractivity contribution >= 4 is 28.8 Å². The number of anilines is 1. The van der Waals surface area contributed by atoms with Gasteiger partial charge in [-0.25, -0.2) is 0 Å². The van der Waals surface area contributed by atoms with E-state index in [1.807, 2.05) is 29.6 Å². The SMILES string of the molecule is COc1ccc(NCC(=O)NNC(=O)c2csc3c2CC[C@H](C)C3)cc1. The van der Waals surface area contributed by atoms with Crippen LogP contribution in [0.3, 0.4) is 0 Å². The molecule has 1 heterocycles. The maximum Gasteiger partial charge on any atom is 0.270 e. The van der Waals surface area contributed by atoms with Crippen molar-refractivity contribution in [3.63, 3.8) is 0 Å². The molecule has 26 heavy (non-hydrogen) atoms. The van der Waals surface area contributed by atoms with Gasteiger partial charge in [-0.2, -0.15) is 0 Å². The molecule has 0 spiro atoms. The van der Waals surface area contributed by atoms with Crippen LogP contribution in [0.2, 0.25) is 0 Å². The van der Waals surface area contributed by atoms with Crippen LogP contribution in [0.5, 0.6) is 5.75 Å². The van der Waals surface area contributed by atoms with Crippen molar-refractivity contribution in [1.29, 1.82) is 0 Å². The Labute approximate surface area is 156 Å². The quantitative estimate of drug-likeness (QED) is 0.704. The molecular weight excluding hydrogens is 350 g/mol. The molecule has 1 atom stereocenters. The molecule has 2 amide bonds. The van der Waals surface area contributed by atoms with E-state index in [1.54, 1.807) is 18.4 Å². The minimum absolute atomic E-state index is 0.0614. The van der Waals surface area contributed by atoms with E-state index < -0.39 is 0 Å². The number of carbonyl (C=O) groups excluding carboxylic acids is 2. The summed E-state index contributed by atoms with van der Waals surface area (Å²) >= 11 is 1.63. The summed E-state index contributed by atoms with van der Waals surface area (Å²) < 4.78 is 5.09. The number of carbonyl (C=O) groups is 2. The van der Waals surface area contributed by atoms with Gasteiger partial charge < -0.3 is 10.1 Å². The van der Waals surface area contributed by atoms with Gasteiger partial charge in [0.05, 0.1) is 19.2 Å². The Morgan fingerprint density at radius 2 is 2.00 bits per heavy atom. The van der Waals surface area contributed by atoms with E-state index in [2.05, 4.69) is 23.1 Å². The lowest BCUT2D eigenvalue weighted by molar-refractivity contribution is -0.120. The highest BCUT2D eigenvalue weighted by Gasteiger charge is 2.23. The maximum atomic E-state index is 12.4. The number of amides is 2. The Hall–Kier alpha value is -2.54. The molecule has 1 aromatic heterocycles. The summed E-state index contributed by atoms with van der Waals surface area (Å²) in [5, 5.41) is 4.88. The molecule has 0 saturated carbocycles. The predicted octanol–water partition coefficient (Wildman–Crippen LogP) is 2.75. The Morgan fingerprint density at radius 3 is 2.73 bits per heavy atom. The summed E-state index contributed by atoms with van der Waals surface area (Å²) in [5.74, 6) is 0.850. The van der Waals surface area contributed by atoms with E-state index in [0.29, 0.717) is 11.5 Å². The van der Waals surface area contributed by atoms with Crippen molar-refractivity contribution in [3.8, 4) is 5.75 Å². The number of methoxy groups -OCH3 is 1. The van der Waals surface area contributed by atoms with E-state index in [9.17, 15) is 9.59 Å². The van der Waals surface area contributed by atoms with Crippen LogP contribution < -0.4 is 20.9 Å². The zero-order valence-corrected chi connectivity index (χ0v) is 15.7. The molecule has 1 aliphatic carbocycles. The molecule has 0 fully saturated rings. The normalized spacial score (nSPS) is 15.7. The third-order valence-electron chi connectivity index (χ3n) is 4.50. The van der Waals surface area contributed by atoms with Crippen LogP contribution in [-0.4, -0.2) is 25.5 Å². The molecule has 0 radical (unpaired) electrons. The fourth-order valence-corrected chi connectivity index (χ4v) is 4.24. The molecule has 138 valence electrons. The molecule has 1 aromatic carbocycles. The molecule has 3 rings (SSSR count). The van der Waals surface area contributed by atoms with Gasteiger partial charge >= 0.3 is 0 Å². The van der Waals surface area contributed by atoms with Gasteiger partial charge in [-0.1, -0.05) is 6.92 Å². The zero-order chi connectivity index (χ0) is 18.5. The van der Waals surface area contributed by atoms with Crippen LogP contribution in [-0.2, 0) is 17.6 Å².